The number of hydrogen-bond acceptors (Lipinski definition) is 6. The average Bonchev–Trinajstić information content (AvgIpc) is 2.83. The van der Waals surface area contributed by atoms with Gasteiger partial charge in [0.15, 0.2) is 0 Å². The predicted molar refractivity (Wildman–Crippen MR) is 83.8 cm³/mol. The second-order valence-corrected chi connectivity index (χ2v) is 5.96. The van der Waals surface area contributed by atoms with E-state index in [0.717, 1.165) is 24.6 Å². The quantitative estimate of drug-likeness (QED) is 0.744. The van der Waals surface area contributed by atoms with Gasteiger partial charge in [-0.15, -0.1) is 0 Å². The van der Waals surface area contributed by atoms with E-state index in [1.54, 1.807) is 0 Å². The summed E-state index contributed by atoms with van der Waals surface area (Å²) in [6.45, 7) is 3.02. The molecule has 106 valence electrons. The van der Waals surface area contributed by atoms with E-state index in [0.29, 0.717) is 17.2 Å². The van der Waals surface area contributed by atoms with Crippen LogP contribution in [0.3, 0.4) is 0 Å². The third-order valence-corrected chi connectivity index (χ3v) is 4.56. The summed E-state index contributed by atoms with van der Waals surface area (Å²) >= 11 is 1.93. The van der Waals surface area contributed by atoms with Crippen molar-refractivity contribution in [2.75, 3.05) is 29.2 Å². The molecule has 2 unspecified atom stereocenters. The number of anilines is 3. The largest absolute Gasteiger partial charge is 0.370 e. The summed E-state index contributed by atoms with van der Waals surface area (Å²) < 4.78 is 0. The van der Waals surface area contributed by atoms with E-state index in [1.165, 1.54) is 19.3 Å². The van der Waals surface area contributed by atoms with Gasteiger partial charge in [0.25, 0.3) is 0 Å². The summed E-state index contributed by atoms with van der Waals surface area (Å²) in [7, 11) is 0. The van der Waals surface area contributed by atoms with Crippen LogP contribution in [0.15, 0.2) is 6.07 Å². The van der Waals surface area contributed by atoms with E-state index in [9.17, 15) is 0 Å². The van der Waals surface area contributed by atoms with Crippen molar-refractivity contribution in [3.63, 3.8) is 0 Å². The second-order valence-electron chi connectivity index (χ2n) is 4.88. The summed E-state index contributed by atoms with van der Waals surface area (Å²) in [5, 5.41) is 7.43. The van der Waals surface area contributed by atoms with Crippen molar-refractivity contribution in [1.29, 1.82) is 0 Å². The van der Waals surface area contributed by atoms with Crippen LogP contribution in [0.25, 0.3) is 0 Å². The van der Waals surface area contributed by atoms with Gasteiger partial charge in [0, 0.05) is 23.9 Å². The highest BCUT2D eigenvalue weighted by Crippen LogP contribution is 2.30. The first kappa shape index (κ1) is 14.2. The Morgan fingerprint density at radius 1 is 1.37 bits per heavy atom. The fourth-order valence-electron chi connectivity index (χ4n) is 2.45. The molecule has 0 radical (unpaired) electrons. The minimum absolute atomic E-state index is 0.322. The maximum atomic E-state index is 5.77. The molecule has 6 heteroatoms. The molecular formula is C13H23N5S. The highest BCUT2D eigenvalue weighted by Gasteiger charge is 2.26. The zero-order valence-electron chi connectivity index (χ0n) is 11.6. The summed E-state index contributed by atoms with van der Waals surface area (Å²) in [6, 6.07) is 2.44. The van der Waals surface area contributed by atoms with Gasteiger partial charge >= 0.3 is 0 Å². The molecule has 0 saturated heterocycles. The molecule has 0 aromatic carbocycles. The Bertz CT molecular complexity index is 412. The number of nitrogen functional groups attached to an aromatic ring is 1. The third-order valence-electron chi connectivity index (χ3n) is 3.39. The maximum Gasteiger partial charge on any atom is 0.223 e. The van der Waals surface area contributed by atoms with Crippen molar-refractivity contribution in [3.05, 3.63) is 6.07 Å². The molecule has 19 heavy (non-hydrogen) atoms. The van der Waals surface area contributed by atoms with E-state index >= 15 is 0 Å². The lowest BCUT2D eigenvalue weighted by Crippen LogP contribution is -2.26. The van der Waals surface area contributed by atoms with Gasteiger partial charge in [-0.25, -0.2) is 0 Å². The summed E-state index contributed by atoms with van der Waals surface area (Å²) in [5.74, 6) is 1.95. The van der Waals surface area contributed by atoms with Crippen LogP contribution in [0.5, 0.6) is 0 Å². The van der Waals surface area contributed by atoms with Gasteiger partial charge in [0.1, 0.15) is 11.6 Å². The Morgan fingerprint density at radius 2 is 2.16 bits per heavy atom. The van der Waals surface area contributed by atoms with Crippen LogP contribution >= 0.6 is 11.8 Å². The zero-order valence-corrected chi connectivity index (χ0v) is 12.5. The smallest absolute Gasteiger partial charge is 0.223 e. The first-order valence-electron chi connectivity index (χ1n) is 6.90. The van der Waals surface area contributed by atoms with E-state index < -0.39 is 0 Å². The molecule has 0 amide bonds. The van der Waals surface area contributed by atoms with Gasteiger partial charge in [-0.05, 0) is 25.5 Å². The number of nitrogens with one attached hydrogen (secondary N) is 2. The van der Waals surface area contributed by atoms with Crippen LogP contribution in [0.2, 0.25) is 0 Å². The fourth-order valence-corrected chi connectivity index (χ4v) is 3.38. The Morgan fingerprint density at radius 3 is 2.89 bits per heavy atom. The van der Waals surface area contributed by atoms with Gasteiger partial charge in [-0.3, -0.25) is 0 Å². The molecule has 2 rings (SSSR count). The monoisotopic (exact) mass is 281 g/mol. The highest BCUT2D eigenvalue weighted by atomic mass is 32.2. The Balaban J connectivity index is 2.04. The molecule has 1 fully saturated rings. The molecule has 1 aliphatic rings. The summed E-state index contributed by atoms with van der Waals surface area (Å²) in [4.78, 5) is 8.48. The van der Waals surface area contributed by atoms with Gasteiger partial charge in [-0.2, -0.15) is 21.7 Å². The molecule has 1 aromatic rings. The Labute approximate surface area is 119 Å². The average molecular weight is 281 g/mol. The maximum absolute atomic E-state index is 5.77. The number of nitrogens with two attached hydrogens (primary N) is 1. The van der Waals surface area contributed by atoms with Crippen molar-refractivity contribution in [2.24, 2.45) is 0 Å². The molecule has 0 spiro atoms. The second kappa shape index (κ2) is 6.84. The summed E-state index contributed by atoms with van der Waals surface area (Å²) in [5.41, 5.74) is 5.77. The lowest BCUT2D eigenvalue weighted by molar-refractivity contribution is 0.763. The van der Waals surface area contributed by atoms with E-state index in [4.69, 9.17) is 5.73 Å². The van der Waals surface area contributed by atoms with E-state index in [1.807, 2.05) is 17.8 Å². The lowest BCUT2D eigenvalue weighted by Gasteiger charge is -2.20. The number of hydrogen-bond donors (Lipinski definition) is 3. The first-order chi connectivity index (χ1) is 9.22. The van der Waals surface area contributed by atoms with Crippen LogP contribution < -0.4 is 16.4 Å². The summed E-state index contributed by atoms with van der Waals surface area (Å²) in [6.07, 6.45) is 7.00. The van der Waals surface area contributed by atoms with Crippen molar-refractivity contribution < 1.29 is 0 Å². The molecule has 1 aliphatic carbocycles. The van der Waals surface area contributed by atoms with Crippen LogP contribution in [0.1, 0.15) is 32.6 Å². The highest BCUT2D eigenvalue weighted by molar-refractivity contribution is 7.99. The number of rotatable bonds is 6. The van der Waals surface area contributed by atoms with E-state index in [-0.39, 0.29) is 0 Å². The van der Waals surface area contributed by atoms with Crippen molar-refractivity contribution in [2.45, 2.75) is 43.9 Å². The molecule has 4 N–H and O–H groups in total. The molecule has 1 saturated carbocycles. The van der Waals surface area contributed by atoms with Crippen LogP contribution in [0, 0.1) is 0 Å². The van der Waals surface area contributed by atoms with Gasteiger partial charge < -0.3 is 16.4 Å². The fraction of sp³-hybridized carbons (Fsp3) is 0.692. The van der Waals surface area contributed by atoms with Gasteiger partial charge in [0.2, 0.25) is 5.95 Å². The molecule has 1 aromatic heterocycles. The molecule has 1 heterocycles. The topological polar surface area (TPSA) is 75.9 Å². The minimum atomic E-state index is 0.322. The third kappa shape index (κ3) is 3.89. The minimum Gasteiger partial charge on any atom is -0.370 e. The van der Waals surface area contributed by atoms with Crippen LogP contribution in [-0.4, -0.2) is 34.1 Å². The van der Waals surface area contributed by atoms with Gasteiger partial charge in [-0.1, -0.05) is 13.3 Å². The standard InChI is InChI=1S/C13H23N5S/c1-3-7-15-11-8-12(18-13(14)17-11)16-9-5-4-6-10(9)19-2/h8-10H,3-7H2,1-2H3,(H4,14,15,16,17,18). The number of thioether (sulfide) groups is 1. The van der Waals surface area contributed by atoms with E-state index in [2.05, 4.69) is 33.8 Å². The normalized spacial score (nSPS) is 22.4. The molecular weight excluding hydrogens is 258 g/mol. The van der Waals surface area contributed by atoms with Crippen molar-refractivity contribution in [1.82, 2.24) is 9.97 Å². The van der Waals surface area contributed by atoms with Gasteiger partial charge in [0.05, 0.1) is 0 Å². The zero-order chi connectivity index (χ0) is 13.7. The Kier molecular flexibility index (Phi) is 5.13. The number of nitrogens with zero attached hydrogens (tertiary/aromatic N) is 2. The first-order valence-corrected chi connectivity index (χ1v) is 8.19. The Hall–Kier alpha value is -1.17. The SMILES string of the molecule is CCCNc1cc(NC2CCCC2SC)nc(N)n1. The molecule has 0 aliphatic heterocycles. The molecule has 5 nitrogen and oxygen atoms in total. The van der Waals surface area contributed by atoms with Crippen molar-refractivity contribution in [3.8, 4) is 0 Å². The lowest BCUT2D eigenvalue weighted by atomic mass is 10.2. The van der Waals surface area contributed by atoms with Crippen LogP contribution in [0.4, 0.5) is 17.6 Å². The van der Waals surface area contributed by atoms with Crippen LogP contribution in [-0.2, 0) is 0 Å². The van der Waals surface area contributed by atoms with Crippen molar-refractivity contribution >= 4 is 29.3 Å². The predicted octanol–water partition coefficient (Wildman–Crippen LogP) is 2.58. The number of aromatic nitrogens is 2. The molecule has 0 bridgehead atoms. The molecule has 2 atom stereocenters.